The number of aromatic nitrogens is 2. The molecule has 1 aliphatic heterocycles. The molecular formula is C26H22ClF3N4O2. The highest BCUT2D eigenvalue weighted by atomic mass is 35.5. The fourth-order valence-corrected chi connectivity index (χ4v) is 4.14. The summed E-state index contributed by atoms with van der Waals surface area (Å²) in [6.45, 7) is 0.819. The van der Waals surface area contributed by atoms with E-state index in [0.29, 0.717) is 59.3 Å². The Morgan fingerprint density at radius 1 is 1.14 bits per heavy atom. The fourth-order valence-electron chi connectivity index (χ4n) is 4.02. The van der Waals surface area contributed by atoms with Gasteiger partial charge in [-0.2, -0.15) is 13.2 Å². The zero-order chi connectivity index (χ0) is 25.9. The third-order valence-corrected chi connectivity index (χ3v) is 6.17. The van der Waals surface area contributed by atoms with Gasteiger partial charge in [-0.3, -0.25) is 14.2 Å². The van der Waals surface area contributed by atoms with Gasteiger partial charge in [-0.05, 0) is 48.4 Å². The summed E-state index contributed by atoms with van der Waals surface area (Å²) in [4.78, 5) is 32.4. The summed E-state index contributed by atoms with van der Waals surface area (Å²) in [5.41, 5.74) is 1.14. The third-order valence-electron chi connectivity index (χ3n) is 5.92. The number of rotatable bonds is 6. The maximum atomic E-state index is 13.3. The van der Waals surface area contributed by atoms with Crippen LogP contribution in [-0.2, 0) is 32.1 Å². The fraction of sp³-hybridized carbons (Fsp3) is 0.269. The van der Waals surface area contributed by atoms with Gasteiger partial charge < -0.3 is 10.2 Å². The smallest absolute Gasteiger partial charge is 0.355 e. The molecule has 0 aliphatic carbocycles. The molecule has 186 valence electrons. The summed E-state index contributed by atoms with van der Waals surface area (Å²) >= 11 is 5.91. The number of halogens is 4. The molecule has 1 aromatic heterocycles. The highest BCUT2D eigenvalue weighted by Crippen LogP contribution is 2.29. The number of benzene rings is 2. The van der Waals surface area contributed by atoms with Gasteiger partial charge in [0.2, 0.25) is 5.95 Å². The molecule has 10 heteroatoms. The summed E-state index contributed by atoms with van der Waals surface area (Å²) in [5.74, 6) is 2.53. The highest BCUT2D eigenvalue weighted by Gasteiger charge is 2.30. The monoisotopic (exact) mass is 514 g/mol. The van der Waals surface area contributed by atoms with Gasteiger partial charge in [0.25, 0.3) is 11.5 Å². The van der Waals surface area contributed by atoms with E-state index in [1.54, 1.807) is 29.2 Å². The van der Waals surface area contributed by atoms with Crippen LogP contribution in [0.25, 0.3) is 0 Å². The van der Waals surface area contributed by atoms with Crippen molar-refractivity contribution < 1.29 is 18.0 Å². The maximum Gasteiger partial charge on any atom is 0.416 e. The van der Waals surface area contributed by atoms with Crippen LogP contribution in [0.2, 0.25) is 5.02 Å². The minimum Gasteiger partial charge on any atom is -0.355 e. The number of hydrogen-bond acceptors (Lipinski definition) is 4. The molecule has 36 heavy (non-hydrogen) atoms. The average molecular weight is 515 g/mol. The van der Waals surface area contributed by atoms with Crippen LogP contribution in [0.5, 0.6) is 0 Å². The van der Waals surface area contributed by atoms with E-state index in [1.807, 2.05) is 0 Å². The zero-order valence-corrected chi connectivity index (χ0v) is 19.9. The third kappa shape index (κ3) is 5.55. The molecule has 3 aromatic rings. The van der Waals surface area contributed by atoms with Crippen LogP contribution in [0.3, 0.4) is 0 Å². The van der Waals surface area contributed by atoms with Gasteiger partial charge >= 0.3 is 6.18 Å². The van der Waals surface area contributed by atoms with E-state index in [1.165, 1.54) is 16.7 Å². The summed E-state index contributed by atoms with van der Waals surface area (Å²) in [6, 6.07) is 11.5. The number of nitrogens with zero attached hydrogens (tertiary/aromatic N) is 3. The van der Waals surface area contributed by atoms with Gasteiger partial charge in [0.05, 0.1) is 29.9 Å². The molecule has 0 bridgehead atoms. The summed E-state index contributed by atoms with van der Waals surface area (Å²) in [6.07, 6.45) is 1.91. The lowest BCUT2D eigenvalue weighted by molar-refractivity contribution is -0.137. The Kier molecular flexibility index (Phi) is 7.36. The van der Waals surface area contributed by atoms with E-state index in [-0.39, 0.29) is 24.6 Å². The number of hydrogen-bond donors (Lipinski definition) is 1. The molecule has 0 saturated carbocycles. The number of anilines is 1. The normalized spacial score (nSPS) is 13.1. The molecule has 0 fully saturated rings. The number of alkyl halides is 3. The van der Waals surface area contributed by atoms with Crippen LogP contribution in [0.4, 0.5) is 19.1 Å². The van der Waals surface area contributed by atoms with Crippen molar-refractivity contribution in [1.82, 2.24) is 14.5 Å². The van der Waals surface area contributed by atoms with Gasteiger partial charge in [-0.25, -0.2) is 4.98 Å². The Labute approximate surface area is 210 Å². The Hall–Kier alpha value is -3.77. The Morgan fingerprint density at radius 2 is 1.83 bits per heavy atom. The van der Waals surface area contributed by atoms with Crippen LogP contribution < -0.4 is 10.9 Å². The predicted octanol–water partition coefficient (Wildman–Crippen LogP) is 4.40. The second kappa shape index (κ2) is 10.5. The van der Waals surface area contributed by atoms with Crippen molar-refractivity contribution in [2.75, 3.05) is 18.4 Å². The number of carbonyl (C=O) groups is 1. The van der Waals surface area contributed by atoms with E-state index < -0.39 is 11.7 Å². The summed E-state index contributed by atoms with van der Waals surface area (Å²) in [7, 11) is 0. The van der Waals surface area contributed by atoms with Gasteiger partial charge in [0, 0.05) is 30.1 Å². The molecule has 0 atom stereocenters. The van der Waals surface area contributed by atoms with E-state index in [9.17, 15) is 22.8 Å². The number of amides is 1. The molecule has 0 unspecified atom stereocenters. The first-order chi connectivity index (χ1) is 17.2. The molecule has 4 rings (SSSR count). The van der Waals surface area contributed by atoms with Crippen LogP contribution in [0.1, 0.15) is 32.7 Å². The van der Waals surface area contributed by atoms with E-state index in [0.717, 1.165) is 12.1 Å². The maximum absolute atomic E-state index is 13.3. The molecule has 1 N–H and O–H groups in total. The first-order valence-electron chi connectivity index (χ1n) is 11.2. The van der Waals surface area contributed by atoms with Crippen molar-refractivity contribution in [3.05, 3.63) is 91.9 Å². The number of carbonyl (C=O) groups excluding carboxylic acids is 1. The number of nitrogens with one attached hydrogen (secondary N) is 1. The second-order valence-corrected chi connectivity index (χ2v) is 8.75. The van der Waals surface area contributed by atoms with Crippen LogP contribution in [0, 0.1) is 12.3 Å². The van der Waals surface area contributed by atoms with Crippen LogP contribution in [0.15, 0.2) is 53.3 Å². The zero-order valence-electron chi connectivity index (χ0n) is 19.1. The van der Waals surface area contributed by atoms with Crippen molar-refractivity contribution in [3.8, 4) is 12.3 Å². The molecule has 6 nitrogen and oxygen atoms in total. The quantitative estimate of drug-likeness (QED) is 0.495. The lowest BCUT2D eigenvalue weighted by atomic mass is 10.1. The largest absolute Gasteiger partial charge is 0.416 e. The minimum atomic E-state index is -4.38. The van der Waals surface area contributed by atoms with Gasteiger partial charge in [-0.1, -0.05) is 29.7 Å². The molecule has 1 aliphatic rings. The molecule has 2 aromatic carbocycles. The molecule has 0 spiro atoms. The van der Waals surface area contributed by atoms with Crippen LogP contribution >= 0.6 is 11.6 Å². The molecule has 0 saturated heterocycles. The second-order valence-electron chi connectivity index (χ2n) is 8.31. The summed E-state index contributed by atoms with van der Waals surface area (Å²) < 4.78 is 39.6. The average Bonchev–Trinajstić information content (AvgIpc) is 2.86. The van der Waals surface area contributed by atoms with E-state index in [2.05, 4.69) is 16.2 Å². The number of terminal acetylenes is 1. The van der Waals surface area contributed by atoms with Crippen molar-refractivity contribution in [2.24, 2.45) is 0 Å². The molecule has 2 heterocycles. The lowest BCUT2D eigenvalue weighted by Gasteiger charge is -2.29. The van der Waals surface area contributed by atoms with Gasteiger partial charge in [-0.15, -0.1) is 6.42 Å². The first-order valence-corrected chi connectivity index (χ1v) is 11.6. The van der Waals surface area contributed by atoms with Crippen molar-refractivity contribution in [1.29, 1.82) is 0 Å². The molecule has 0 radical (unpaired) electrons. The molecular weight excluding hydrogens is 493 g/mol. The number of fused-ring (bicyclic) bond motifs is 1. The standard InChI is InChI=1S/C26H22ClF3N4O2/c1-2-14-34-24(36)21-16-33(23(35)18-5-9-20(27)10-6-18)15-12-22(21)32-25(34)31-13-11-17-3-7-19(8-4-17)26(28,29)30/h1,3-10H,11-16H2,(H,31,32). The van der Waals surface area contributed by atoms with E-state index >= 15 is 0 Å². The van der Waals surface area contributed by atoms with Crippen LogP contribution in [-0.4, -0.2) is 33.4 Å². The van der Waals surface area contributed by atoms with Gasteiger partial charge in [0.15, 0.2) is 0 Å². The molecule has 1 amide bonds. The highest BCUT2D eigenvalue weighted by molar-refractivity contribution is 6.30. The predicted molar refractivity (Wildman–Crippen MR) is 131 cm³/mol. The van der Waals surface area contributed by atoms with Crippen molar-refractivity contribution >= 4 is 23.5 Å². The Bertz CT molecular complexity index is 1360. The summed E-state index contributed by atoms with van der Waals surface area (Å²) in [5, 5.41) is 3.61. The Morgan fingerprint density at radius 3 is 2.47 bits per heavy atom. The minimum absolute atomic E-state index is 0.0210. The Balaban J connectivity index is 1.50. The first kappa shape index (κ1) is 25.3. The SMILES string of the molecule is C#CCn1c(NCCc2ccc(C(F)(F)F)cc2)nc2c(c1=O)CN(C(=O)c1ccc(Cl)cc1)CC2. The van der Waals surface area contributed by atoms with Crippen molar-refractivity contribution in [3.63, 3.8) is 0 Å². The van der Waals surface area contributed by atoms with Gasteiger partial charge in [0.1, 0.15) is 0 Å². The van der Waals surface area contributed by atoms with Crippen molar-refractivity contribution in [2.45, 2.75) is 32.1 Å². The lowest BCUT2D eigenvalue weighted by Crippen LogP contribution is -2.41. The topological polar surface area (TPSA) is 67.2 Å². The van der Waals surface area contributed by atoms with E-state index in [4.69, 9.17) is 18.0 Å².